The van der Waals surface area contributed by atoms with E-state index in [1.807, 2.05) is 6.92 Å². The van der Waals surface area contributed by atoms with Crippen LogP contribution < -0.4 is 0 Å². The van der Waals surface area contributed by atoms with E-state index >= 15 is 0 Å². The molecule has 0 atom stereocenters. The fourth-order valence-electron chi connectivity index (χ4n) is 3.35. The third kappa shape index (κ3) is 2.57. The van der Waals surface area contributed by atoms with Crippen molar-refractivity contribution in [1.29, 1.82) is 0 Å². The second-order valence-electron chi connectivity index (χ2n) is 5.94. The number of piperidine rings is 1. The molecule has 2 aromatic heterocycles. The van der Waals surface area contributed by atoms with E-state index in [-0.39, 0.29) is 0 Å². The Morgan fingerprint density at radius 1 is 1.29 bits per heavy atom. The van der Waals surface area contributed by atoms with Crippen LogP contribution >= 0.6 is 11.6 Å². The van der Waals surface area contributed by atoms with E-state index in [1.54, 1.807) is 0 Å². The maximum atomic E-state index is 5.99. The highest BCUT2D eigenvalue weighted by Crippen LogP contribution is 2.30. The molecule has 0 spiro atoms. The summed E-state index contributed by atoms with van der Waals surface area (Å²) in [5, 5.41) is 4.63. The van der Waals surface area contributed by atoms with Crippen molar-refractivity contribution in [2.75, 3.05) is 26.0 Å². The molecule has 0 bridgehead atoms. The van der Waals surface area contributed by atoms with E-state index < -0.39 is 0 Å². The molecule has 116 valence electrons. The number of likely N-dealkylation sites (tertiary alicyclic amines) is 1. The molecule has 1 saturated heterocycles. The van der Waals surface area contributed by atoms with Gasteiger partial charge in [0, 0.05) is 24.9 Å². The summed E-state index contributed by atoms with van der Waals surface area (Å²) < 4.78 is 4.52. The van der Waals surface area contributed by atoms with Gasteiger partial charge in [-0.3, -0.25) is 0 Å². The van der Waals surface area contributed by atoms with Crippen molar-refractivity contribution in [1.82, 2.24) is 24.2 Å². The lowest BCUT2D eigenvalue weighted by Crippen LogP contribution is -2.32. The largest absolute Gasteiger partial charge is 0.310 e. The van der Waals surface area contributed by atoms with Gasteiger partial charge in [-0.1, -0.05) is 0 Å². The number of aromatic nitrogens is 4. The first kappa shape index (κ1) is 14.9. The van der Waals surface area contributed by atoms with Crippen LogP contribution in [0.3, 0.4) is 0 Å². The molecule has 5 nitrogen and oxygen atoms in total. The van der Waals surface area contributed by atoms with Crippen LogP contribution in [-0.2, 0) is 13.0 Å². The summed E-state index contributed by atoms with van der Waals surface area (Å²) >= 11 is 5.99. The Balaban J connectivity index is 2.10. The van der Waals surface area contributed by atoms with Crippen molar-refractivity contribution in [3.05, 3.63) is 11.5 Å². The topological polar surface area (TPSA) is 38.9 Å². The first-order chi connectivity index (χ1) is 10.2. The SMILES string of the molecule is CCn1nc(C)c2nc(CCCl)n(C3CCN(C)CC3)c21. The number of alkyl halides is 1. The average Bonchev–Trinajstić information content (AvgIpc) is 2.98. The summed E-state index contributed by atoms with van der Waals surface area (Å²) in [5.74, 6) is 1.74. The zero-order chi connectivity index (χ0) is 15.0. The van der Waals surface area contributed by atoms with Crippen LogP contribution in [0.25, 0.3) is 11.2 Å². The Kier molecular flexibility index (Phi) is 4.22. The molecule has 1 aliphatic rings. The number of nitrogens with zero attached hydrogens (tertiary/aromatic N) is 5. The van der Waals surface area contributed by atoms with E-state index in [4.69, 9.17) is 16.6 Å². The minimum atomic E-state index is 0.519. The van der Waals surface area contributed by atoms with Crippen molar-refractivity contribution >= 4 is 22.8 Å². The first-order valence-electron chi connectivity index (χ1n) is 7.84. The predicted molar refractivity (Wildman–Crippen MR) is 86.1 cm³/mol. The molecule has 21 heavy (non-hydrogen) atoms. The molecule has 0 radical (unpaired) electrons. The number of hydrogen-bond donors (Lipinski definition) is 0. The average molecular weight is 310 g/mol. The molecule has 0 aromatic carbocycles. The van der Waals surface area contributed by atoms with Crippen molar-refractivity contribution in [3.8, 4) is 0 Å². The Labute approximate surface area is 130 Å². The zero-order valence-corrected chi connectivity index (χ0v) is 13.9. The van der Waals surface area contributed by atoms with E-state index in [0.717, 1.165) is 43.1 Å². The molecule has 0 unspecified atom stereocenters. The van der Waals surface area contributed by atoms with E-state index in [0.29, 0.717) is 11.9 Å². The molecule has 0 amide bonds. The van der Waals surface area contributed by atoms with Gasteiger partial charge in [0.1, 0.15) is 11.3 Å². The first-order valence-corrected chi connectivity index (χ1v) is 8.37. The van der Waals surface area contributed by atoms with Gasteiger partial charge in [0.25, 0.3) is 0 Å². The van der Waals surface area contributed by atoms with Crippen LogP contribution in [0.1, 0.15) is 37.3 Å². The Bertz CT molecular complexity index is 622. The fraction of sp³-hybridized carbons (Fsp3) is 0.733. The summed E-state index contributed by atoms with van der Waals surface area (Å²) in [6.07, 6.45) is 3.17. The maximum absolute atomic E-state index is 5.99. The standard InChI is InChI=1S/C15H24ClN5/c1-4-20-15-14(11(2)18-20)17-13(5-8-16)21(15)12-6-9-19(3)10-7-12/h12H,4-10H2,1-3H3. The van der Waals surface area contributed by atoms with Gasteiger partial charge in [-0.15, -0.1) is 11.6 Å². The van der Waals surface area contributed by atoms with Crippen LogP contribution in [0.2, 0.25) is 0 Å². The minimum absolute atomic E-state index is 0.519. The van der Waals surface area contributed by atoms with Gasteiger partial charge in [0.2, 0.25) is 0 Å². The van der Waals surface area contributed by atoms with Gasteiger partial charge in [0.15, 0.2) is 5.65 Å². The van der Waals surface area contributed by atoms with Gasteiger partial charge in [-0.05, 0) is 46.8 Å². The second-order valence-corrected chi connectivity index (χ2v) is 6.32. The number of rotatable bonds is 4. The van der Waals surface area contributed by atoms with Crippen molar-refractivity contribution in [2.45, 2.75) is 45.7 Å². The lowest BCUT2D eigenvalue weighted by Gasteiger charge is -2.31. The van der Waals surface area contributed by atoms with Crippen LogP contribution in [0, 0.1) is 6.92 Å². The summed E-state index contributed by atoms with van der Waals surface area (Å²) in [6, 6.07) is 0.519. The third-order valence-electron chi connectivity index (χ3n) is 4.49. The third-order valence-corrected chi connectivity index (χ3v) is 4.68. The van der Waals surface area contributed by atoms with Gasteiger partial charge < -0.3 is 9.47 Å². The van der Waals surface area contributed by atoms with Crippen molar-refractivity contribution < 1.29 is 0 Å². The minimum Gasteiger partial charge on any atom is -0.310 e. The van der Waals surface area contributed by atoms with Crippen LogP contribution in [0.5, 0.6) is 0 Å². The van der Waals surface area contributed by atoms with Crippen LogP contribution in [-0.4, -0.2) is 50.2 Å². The molecule has 3 heterocycles. The fourth-order valence-corrected chi connectivity index (χ4v) is 3.52. The van der Waals surface area contributed by atoms with E-state index in [1.165, 1.54) is 18.5 Å². The quantitative estimate of drug-likeness (QED) is 0.815. The zero-order valence-electron chi connectivity index (χ0n) is 13.1. The van der Waals surface area contributed by atoms with Gasteiger partial charge in [0.05, 0.1) is 5.69 Å². The summed E-state index contributed by atoms with van der Waals surface area (Å²) in [5.41, 5.74) is 3.26. The van der Waals surface area contributed by atoms with Gasteiger partial charge in [-0.25, -0.2) is 9.67 Å². The lowest BCUT2D eigenvalue weighted by molar-refractivity contribution is 0.220. The summed E-state index contributed by atoms with van der Waals surface area (Å²) in [4.78, 5) is 7.24. The van der Waals surface area contributed by atoms with Crippen LogP contribution in [0.4, 0.5) is 0 Å². The van der Waals surface area contributed by atoms with Gasteiger partial charge >= 0.3 is 0 Å². The normalized spacial score (nSPS) is 17.9. The molecule has 1 fully saturated rings. The molecule has 1 aliphatic heterocycles. The molecule has 3 rings (SSSR count). The van der Waals surface area contributed by atoms with Crippen molar-refractivity contribution in [3.63, 3.8) is 0 Å². The van der Waals surface area contributed by atoms with Gasteiger partial charge in [-0.2, -0.15) is 5.10 Å². The monoisotopic (exact) mass is 309 g/mol. The number of fused-ring (bicyclic) bond motifs is 1. The highest BCUT2D eigenvalue weighted by molar-refractivity contribution is 6.17. The molecular formula is C15H24ClN5. The molecule has 0 saturated carbocycles. The highest BCUT2D eigenvalue weighted by Gasteiger charge is 2.26. The summed E-state index contributed by atoms with van der Waals surface area (Å²) in [7, 11) is 2.19. The lowest BCUT2D eigenvalue weighted by atomic mass is 10.1. The molecular weight excluding hydrogens is 286 g/mol. The number of aryl methyl sites for hydroxylation is 3. The molecule has 0 N–H and O–H groups in total. The second kappa shape index (κ2) is 5.97. The molecule has 2 aromatic rings. The highest BCUT2D eigenvalue weighted by atomic mass is 35.5. The Hall–Kier alpha value is -1.07. The Morgan fingerprint density at radius 2 is 2.00 bits per heavy atom. The summed E-state index contributed by atoms with van der Waals surface area (Å²) in [6.45, 7) is 7.35. The molecule has 6 heteroatoms. The van der Waals surface area contributed by atoms with E-state index in [9.17, 15) is 0 Å². The van der Waals surface area contributed by atoms with E-state index in [2.05, 4.69) is 33.2 Å². The number of imidazole rings is 1. The van der Waals surface area contributed by atoms with Crippen molar-refractivity contribution in [2.24, 2.45) is 0 Å². The Morgan fingerprint density at radius 3 is 2.62 bits per heavy atom. The molecule has 0 aliphatic carbocycles. The maximum Gasteiger partial charge on any atom is 0.159 e. The predicted octanol–water partition coefficient (Wildman–Crippen LogP) is 2.61. The number of halogens is 1. The van der Waals surface area contributed by atoms with Crippen LogP contribution in [0.15, 0.2) is 0 Å². The number of hydrogen-bond acceptors (Lipinski definition) is 3. The smallest absolute Gasteiger partial charge is 0.159 e.